The third-order valence-corrected chi connectivity index (χ3v) is 13.2. The molecule has 0 N–H and O–H groups in total. The summed E-state index contributed by atoms with van der Waals surface area (Å²) in [5.41, 5.74) is 6.78. The normalized spacial score (nSPS) is 12.3. The molecular formula is C48H26OS2. The second-order valence-corrected chi connectivity index (χ2v) is 15.7. The standard InChI is InChI=1S/C48H26OS2/c1-3-13-35-33(11-1)46(34-12-2-4-14-36(34)47(35)29-18-20-31-30-9-5-7-15-41(30)49-42(31)25-29)28-19-22-44-39(24-28)40-23-27-17-21-37-32-10-6-8-16-43(32)51-48(37)38(27)26-45(40)50-44/h1-26H. The summed E-state index contributed by atoms with van der Waals surface area (Å²) in [5, 5.41) is 15.3. The number of furan rings is 1. The Balaban J connectivity index is 1.10. The highest BCUT2D eigenvalue weighted by atomic mass is 32.1. The lowest BCUT2D eigenvalue weighted by atomic mass is 9.85. The largest absolute Gasteiger partial charge is 0.456 e. The molecule has 3 heteroatoms. The first kappa shape index (κ1) is 27.8. The Labute approximate surface area is 300 Å². The quantitative estimate of drug-likeness (QED) is 0.165. The Morgan fingerprint density at radius 1 is 0.314 bits per heavy atom. The van der Waals surface area contributed by atoms with Crippen LogP contribution in [0.5, 0.6) is 0 Å². The van der Waals surface area contributed by atoms with Crippen LogP contribution >= 0.6 is 22.7 Å². The average Bonchev–Trinajstić information content (AvgIpc) is 3.86. The van der Waals surface area contributed by atoms with Gasteiger partial charge in [-0.2, -0.15) is 0 Å². The van der Waals surface area contributed by atoms with Gasteiger partial charge in [0.25, 0.3) is 0 Å². The fourth-order valence-corrected chi connectivity index (χ4v) is 10.9. The van der Waals surface area contributed by atoms with Gasteiger partial charge in [-0.05, 0) is 97.7 Å². The molecule has 0 saturated heterocycles. The minimum absolute atomic E-state index is 0.918. The molecule has 12 aromatic rings. The second kappa shape index (κ2) is 10.3. The van der Waals surface area contributed by atoms with E-state index < -0.39 is 0 Å². The SMILES string of the molecule is c1ccc2c(c1)oc1cc(-c3c4ccccc4c(-c4ccc5sc6cc7c(ccc8c9ccccc9sc78)cc6c5c4)c4ccccc34)ccc12. The van der Waals surface area contributed by atoms with Gasteiger partial charge in [0, 0.05) is 56.5 Å². The minimum atomic E-state index is 0.918. The molecule has 0 unspecified atom stereocenters. The molecule has 12 rings (SSSR count). The smallest absolute Gasteiger partial charge is 0.136 e. The summed E-state index contributed by atoms with van der Waals surface area (Å²) in [4.78, 5) is 0. The predicted octanol–water partition coefficient (Wildman–Crippen LogP) is 15.1. The third kappa shape index (κ3) is 3.90. The maximum atomic E-state index is 6.36. The molecule has 0 aliphatic heterocycles. The van der Waals surface area contributed by atoms with Gasteiger partial charge in [-0.15, -0.1) is 22.7 Å². The number of hydrogen-bond acceptors (Lipinski definition) is 3. The summed E-state index contributed by atoms with van der Waals surface area (Å²) in [7, 11) is 0. The molecule has 0 saturated carbocycles. The molecule has 0 aliphatic rings. The zero-order chi connectivity index (χ0) is 33.2. The zero-order valence-corrected chi connectivity index (χ0v) is 28.9. The van der Waals surface area contributed by atoms with Gasteiger partial charge in [-0.3, -0.25) is 0 Å². The summed E-state index contributed by atoms with van der Waals surface area (Å²) in [6, 6.07) is 58.2. The van der Waals surface area contributed by atoms with Gasteiger partial charge in [-0.1, -0.05) is 109 Å². The molecule has 0 radical (unpaired) electrons. The highest BCUT2D eigenvalue weighted by Gasteiger charge is 2.19. The van der Waals surface area contributed by atoms with E-state index in [-0.39, 0.29) is 0 Å². The van der Waals surface area contributed by atoms with Crippen LogP contribution in [0, 0.1) is 0 Å². The molecule has 0 fully saturated rings. The number of thiophene rings is 2. The van der Waals surface area contributed by atoms with Gasteiger partial charge in [0.2, 0.25) is 0 Å². The second-order valence-electron chi connectivity index (χ2n) is 13.6. The van der Waals surface area contributed by atoms with Crippen molar-refractivity contribution in [1.82, 2.24) is 0 Å². The Morgan fingerprint density at radius 2 is 0.882 bits per heavy atom. The first-order chi connectivity index (χ1) is 25.3. The van der Waals surface area contributed by atoms with E-state index in [1.54, 1.807) is 0 Å². The predicted molar refractivity (Wildman–Crippen MR) is 223 cm³/mol. The van der Waals surface area contributed by atoms with E-state index >= 15 is 0 Å². The Morgan fingerprint density at radius 3 is 1.65 bits per heavy atom. The van der Waals surface area contributed by atoms with Crippen LogP contribution in [0.3, 0.4) is 0 Å². The van der Waals surface area contributed by atoms with Gasteiger partial charge < -0.3 is 4.42 Å². The number of para-hydroxylation sites is 1. The van der Waals surface area contributed by atoms with Crippen molar-refractivity contribution in [2.24, 2.45) is 0 Å². The van der Waals surface area contributed by atoms with Crippen LogP contribution in [0.2, 0.25) is 0 Å². The minimum Gasteiger partial charge on any atom is -0.456 e. The molecule has 0 amide bonds. The van der Waals surface area contributed by atoms with Gasteiger partial charge >= 0.3 is 0 Å². The van der Waals surface area contributed by atoms with Gasteiger partial charge in [0.15, 0.2) is 0 Å². The van der Waals surface area contributed by atoms with E-state index in [0.717, 1.165) is 21.9 Å². The number of rotatable bonds is 2. The van der Waals surface area contributed by atoms with Crippen molar-refractivity contribution in [3.05, 3.63) is 158 Å². The fourth-order valence-electron chi connectivity index (χ4n) is 8.57. The monoisotopic (exact) mass is 682 g/mol. The third-order valence-electron chi connectivity index (χ3n) is 10.8. The molecule has 9 aromatic carbocycles. The van der Waals surface area contributed by atoms with Crippen molar-refractivity contribution in [3.63, 3.8) is 0 Å². The van der Waals surface area contributed by atoms with Crippen LogP contribution in [0.4, 0.5) is 0 Å². The molecule has 1 nitrogen and oxygen atoms in total. The van der Waals surface area contributed by atoms with Crippen LogP contribution in [-0.4, -0.2) is 0 Å². The molecule has 51 heavy (non-hydrogen) atoms. The summed E-state index contributed by atoms with van der Waals surface area (Å²) < 4.78 is 11.8. The van der Waals surface area contributed by atoms with Crippen LogP contribution in [-0.2, 0) is 0 Å². The molecule has 3 aromatic heterocycles. The zero-order valence-electron chi connectivity index (χ0n) is 27.2. The van der Waals surface area contributed by atoms with Gasteiger partial charge in [-0.25, -0.2) is 0 Å². The van der Waals surface area contributed by atoms with E-state index in [9.17, 15) is 0 Å². The first-order valence-electron chi connectivity index (χ1n) is 17.3. The van der Waals surface area contributed by atoms with Crippen molar-refractivity contribution < 1.29 is 4.42 Å². The van der Waals surface area contributed by atoms with E-state index in [2.05, 4.69) is 152 Å². The lowest BCUT2D eigenvalue weighted by Gasteiger charge is -2.18. The van der Waals surface area contributed by atoms with E-state index in [0.29, 0.717) is 0 Å². The van der Waals surface area contributed by atoms with Crippen molar-refractivity contribution in [2.45, 2.75) is 0 Å². The van der Waals surface area contributed by atoms with Gasteiger partial charge in [0.05, 0.1) is 0 Å². The molecule has 0 atom stereocenters. The van der Waals surface area contributed by atoms with Crippen LogP contribution in [0.1, 0.15) is 0 Å². The van der Waals surface area contributed by atoms with Gasteiger partial charge in [0.1, 0.15) is 11.2 Å². The summed E-state index contributed by atoms with van der Waals surface area (Å²) in [6.07, 6.45) is 0. The van der Waals surface area contributed by atoms with Crippen LogP contribution < -0.4 is 0 Å². The highest BCUT2D eigenvalue weighted by molar-refractivity contribution is 7.27. The molecule has 0 bridgehead atoms. The molecule has 0 aliphatic carbocycles. The maximum absolute atomic E-state index is 6.36. The van der Waals surface area contributed by atoms with Crippen molar-refractivity contribution in [1.29, 1.82) is 0 Å². The van der Waals surface area contributed by atoms with E-state index in [1.807, 2.05) is 28.7 Å². The lowest BCUT2D eigenvalue weighted by Crippen LogP contribution is -1.90. The van der Waals surface area contributed by atoms with Crippen molar-refractivity contribution in [3.8, 4) is 22.3 Å². The van der Waals surface area contributed by atoms with E-state index in [4.69, 9.17) is 4.42 Å². The van der Waals surface area contributed by atoms with E-state index in [1.165, 1.54) is 94.9 Å². The highest BCUT2D eigenvalue weighted by Crippen LogP contribution is 2.47. The maximum Gasteiger partial charge on any atom is 0.136 e. The number of hydrogen-bond donors (Lipinski definition) is 0. The first-order valence-corrected chi connectivity index (χ1v) is 19.0. The summed E-state index contributed by atoms with van der Waals surface area (Å²) >= 11 is 3.81. The van der Waals surface area contributed by atoms with Crippen molar-refractivity contribution >= 4 is 117 Å². The Hall–Kier alpha value is -6.00. The Bertz CT molecular complexity index is 3370. The molecule has 3 heterocycles. The summed E-state index contributed by atoms with van der Waals surface area (Å²) in [5.74, 6) is 0. The van der Waals surface area contributed by atoms with Crippen molar-refractivity contribution in [2.75, 3.05) is 0 Å². The van der Waals surface area contributed by atoms with Crippen LogP contribution in [0.15, 0.2) is 162 Å². The molecular weight excluding hydrogens is 657 g/mol. The average molecular weight is 683 g/mol. The topological polar surface area (TPSA) is 13.1 Å². The number of benzene rings is 9. The Kier molecular flexibility index (Phi) is 5.59. The molecule has 236 valence electrons. The number of fused-ring (bicyclic) bond motifs is 13. The van der Waals surface area contributed by atoms with Crippen LogP contribution in [0.25, 0.3) is 117 Å². The fraction of sp³-hybridized carbons (Fsp3) is 0. The molecule has 0 spiro atoms. The lowest BCUT2D eigenvalue weighted by molar-refractivity contribution is 0.669. The summed E-state index contributed by atoms with van der Waals surface area (Å²) in [6.45, 7) is 0.